The number of ether oxygens (including phenoxy) is 4. The Morgan fingerprint density at radius 2 is 1.51 bits per heavy atom. The first-order chi connectivity index (χ1) is 20.8. The molecule has 2 N–H and O–H groups in total. The molecule has 1 heterocycles. The molecule has 1 aromatic heterocycles. The van der Waals surface area contributed by atoms with Gasteiger partial charge in [0.25, 0.3) is 5.91 Å². The summed E-state index contributed by atoms with van der Waals surface area (Å²) in [5.74, 6) is 0.0405. The Balaban J connectivity index is 1.43. The van der Waals surface area contributed by atoms with Crippen molar-refractivity contribution in [3.63, 3.8) is 0 Å². The van der Waals surface area contributed by atoms with Crippen LogP contribution in [0.2, 0.25) is 0 Å². The maximum atomic E-state index is 13.4. The number of esters is 1. The lowest BCUT2D eigenvalue weighted by Crippen LogP contribution is -2.19. The lowest BCUT2D eigenvalue weighted by atomic mass is 10.0. The minimum absolute atomic E-state index is 0.174. The summed E-state index contributed by atoms with van der Waals surface area (Å²) in [6.07, 6.45) is 1.40. The van der Waals surface area contributed by atoms with Gasteiger partial charge in [-0.2, -0.15) is 5.10 Å². The molecule has 0 aliphatic heterocycles. The van der Waals surface area contributed by atoms with Crippen LogP contribution in [0.3, 0.4) is 0 Å². The standard InChI is InChI=1S/C32H25Br2N3O6/c1-40-25-14-19(15-26(41-2)30(25)42-3)32(39)43-29-20(13-21(33)16-23(29)34)17-35-37-31(38)28-27(18-9-5-4-6-10-18)22-11-7-8-12-24(22)36-28/h4-17,36H,1-3H3,(H,37,38). The summed E-state index contributed by atoms with van der Waals surface area (Å²) in [6.45, 7) is 0. The van der Waals surface area contributed by atoms with Crippen molar-refractivity contribution < 1.29 is 28.5 Å². The van der Waals surface area contributed by atoms with Crippen LogP contribution in [0.1, 0.15) is 26.4 Å². The van der Waals surface area contributed by atoms with Crippen molar-refractivity contribution in [1.82, 2.24) is 10.4 Å². The Morgan fingerprint density at radius 3 is 2.19 bits per heavy atom. The SMILES string of the molecule is COc1cc(C(=O)Oc2c(Br)cc(Br)cc2C=NNC(=O)c2[nH]c3ccccc3c2-c2ccccc2)cc(OC)c1OC. The molecule has 218 valence electrons. The van der Waals surface area contributed by atoms with E-state index in [2.05, 4.69) is 47.4 Å². The number of carbonyl (C=O) groups is 2. The second-order valence-electron chi connectivity index (χ2n) is 9.10. The van der Waals surface area contributed by atoms with Gasteiger partial charge in [-0.25, -0.2) is 10.2 Å². The van der Waals surface area contributed by atoms with Gasteiger partial charge in [0.1, 0.15) is 5.69 Å². The highest BCUT2D eigenvalue weighted by molar-refractivity contribution is 9.11. The number of benzene rings is 4. The van der Waals surface area contributed by atoms with E-state index in [0.29, 0.717) is 37.5 Å². The van der Waals surface area contributed by atoms with Crippen LogP contribution in [0, 0.1) is 0 Å². The molecule has 0 atom stereocenters. The number of hydrogen-bond donors (Lipinski definition) is 2. The van der Waals surface area contributed by atoms with Crippen molar-refractivity contribution >= 4 is 60.9 Å². The normalized spacial score (nSPS) is 11.0. The zero-order valence-electron chi connectivity index (χ0n) is 23.2. The van der Waals surface area contributed by atoms with Gasteiger partial charge in [0.2, 0.25) is 5.75 Å². The fourth-order valence-electron chi connectivity index (χ4n) is 4.57. The van der Waals surface area contributed by atoms with Gasteiger partial charge in [-0.3, -0.25) is 4.79 Å². The first-order valence-electron chi connectivity index (χ1n) is 12.8. The quantitative estimate of drug-likeness (QED) is 0.0717. The van der Waals surface area contributed by atoms with Gasteiger partial charge >= 0.3 is 5.97 Å². The average molecular weight is 707 g/mol. The molecule has 9 nitrogen and oxygen atoms in total. The van der Waals surface area contributed by atoms with Crippen LogP contribution in [0.15, 0.2) is 92.9 Å². The van der Waals surface area contributed by atoms with Crippen molar-refractivity contribution in [3.05, 3.63) is 105 Å². The van der Waals surface area contributed by atoms with E-state index in [-0.39, 0.29) is 11.3 Å². The van der Waals surface area contributed by atoms with Gasteiger partial charge in [0.05, 0.1) is 37.6 Å². The minimum Gasteiger partial charge on any atom is -0.493 e. The number of nitrogens with zero attached hydrogens (tertiary/aromatic N) is 1. The molecule has 0 aliphatic rings. The zero-order chi connectivity index (χ0) is 30.5. The summed E-state index contributed by atoms with van der Waals surface area (Å²) in [6, 6.07) is 23.8. The summed E-state index contributed by atoms with van der Waals surface area (Å²) in [7, 11) is 4.39. The topological polar surface area (TPSA) is 111 Å². The number of rotatable bonds is 9. The van der Waals surface area contributed by atoms with E-state index in [0.717, 1.165) is 22.0 Å². The molecule has 0 saturated carbocycles. The van der Waals surface area contributed by atoms with E-state index >= 15 is 0 Å². The molecule has 0 unspecified atom stereocenters. The fraction of sp³-hybridized carbons (Fsp3) is 0.0938. The third kappa shape index (κ3) is 6.27. The molecule has 0 aliphatic carbocycles. The molecule has 0 bridgehead atoms. The lowest BCUT2D eigenvalue weighted by Gasteiger charge is -2.15. The van der Waals surface area contributed by atoms with E-state index < -0.39 is 11.9 Å². The summed E-state index contributed by atoms with van der Waals surface area (Å²) >= 11 is 6.91. The molecule has 0 fully saturated rings. The number of hydrogen-bond acceptors (Lipinski definition) is 7. The highest BCUT2D eigenvalue weighted by Gasteiger charge is 2.22. The van der Waals surface area contributed by atoms with Gasteiger partial charge in [-0.05, 0) is 51.8 Å². The Bertz CT molecular complexity index is 1830. The molecular formula is C32H25Br2N3O6. The number of hydrazone groups is 1. The van der Waals surface area contributed by atoms with Crippen molar-refractivity contribution in [2.45, 2.75) is 0 Å². The second kappa shape index (κ2) is 13.1. The largest absolute Gasteiger partial charge is 0.493 e. The summed E-state index contributed by atoms with van der Waals surface area (Å²) in [5, 5.41) is 5.11. The second-order valence-corrected chi connectivity index (χ2v) is 10.9. The van der Waals surface area contributed by atoms with Crippen LogP contribution in [0.4, 0.5) is 0 Å². The van der Waals surface area contributed by atoms with Crippen molar-refractivity contribution in [3.8, 4) is 34.1 Å². The Labute approximate surface area is 264 Å². The maximum absolute atomic E-state index is 13.4. The Morgan fingerprint density at radius 1 is 0.837 bits per heavy atom. The highest BCUT2D eigenvalue weighted by Crippen LogP contribution is 2.39. The van der Waals surface area contributed by atoms with E-state index in [9.17, 15) is 9.59 Å². The number of aromatic nitrogens is 1. The van der Waals surface area contributed by atoms with Crippen LogP contribution < -0.4 is 24.4 Å². The minimum atomic E-state index is -0.675. The first kappa shape index (κ1) is 29.9. The third-order valence-electron chi connectivity index (χ3n) is 6.50. The van der Waals surface area contributed by atoms with Crippen molar-refractivity contribution in [2.24, 2.45) is 5.10 Å². The predicted molar refractivity (Wildman–Crippen MR) is 172 cm³/mol. The number of aromatic amines is 1. The molecule has 4 aromatic carbocycles. The van der Waals surface area contributed by atoms with Crippen molar-refractivity contribution in [2.75, 3.05) is 21.3 Å². The molecule has 5 rings (SSSR count). The molecule has 1 amide bonds. The number of para-hydroxylation sites is 1. The maximum Gasteiger partial charge on any atom is 0.343 e. The van der Waals surface area contributed by atoms with Crippen molar-refractivity contribution in [1.29, 1.82) is 0 Å². The van der Waals surface area contributed by atoms with Gasteiger partial charge in [-0.15, -0.1) is 0 Å². The zero-order valence-corrected chi connectivity index (χ0v) is 26.4. The predicted octanol–water partition coefficient (Wildman–Crippen LogP) is 7.37. The molecular weight excluding hydrogens is 682 g/mol. The smallest absolute Gasteiger partial charge is 0.343 e. The van der Waals surface area contributed by atoms with Gasteiger partial charge < -0.3 is 23.9 Å². The van der Waals surface area contributed by atoms with Crippen LogP contribution in [0.25, 0.3) is 22.0 Å². The van der Waals surface area contributed by atoms with Gasteiger partial charge in [-0.1, -0.05) is 64.5 Å². The van der Waals surface area contributed by atoms with Crippen LogP contribution >= 0.6 is 31.9 Å². The Hall–Kier alpha value is -4.61. The van der Waals surface area contributed by atoms with Crippen LogP contribution in [0.5, 0.6) is 23.0 Å². The summed E-state index contributed by atoms with van der Waals surface area (Å²) < 4.78 is 23.0. The third-order valence-corrected chi connectivity index (χ3v) is 7.54. The van der Waals surface area contributed by atoms with Gasteiger partial charge in [0.15, 0.2) is 17.2 Å². The summed E-state index contributed by atoms with van der Waals surface area (Å²) in [4.78, 5) is 29.8. The number of amides is 1. The van der Waals surface area contributed by atoms with E-state index in [4.69, 9.17) is 18.9 Å². The monoisotopic (exact) mass is 705 g/mol. The van der Waals surface area contributed by atoms with Crippen LogP contribution in [-0.2, 0) is 0 Å². The van der Waals surface area contributed by atoms with Crippen LogP contribution in [-0.4, -0.2) is 44.4 Å². The van der Waals surface area contributed by atoms with Gasteiger partial charge in [0, 0.05) is 26.5 Å². The number of H-pyrrole nitrogens is 1. The fourth-order valence-corrected chi connectivity index (χ4v) is 5.91. The number of nitrogens with one attached hydrogen (secondary N) is 2. The molecule has 5 aromatic rings. The average Bonchev–Trinajstić information content (AvgIpc) is 3.42. The first-order valence-corrected chi connectivity index (χ1v) is 14.4. The number of halogens is 2. The molecule has 0 radical (unpaired) electrons. The molecule has 43 heavy (non-hydrogen) atoms. The highest BCUT2D eigenvalue weighted by atomic mass is 79.9. The number of carbonyl (C=O) groups excluding carboxylic acids is 2. The van der Waals surface area contributed by atoms with E-state index in [1.807, 2.05) is 54.6 Å². The van der Waals surface area contributed by atoms with E-state index in [1.165, 1.54) is 39.7 Å². The lowest BCUT2D eigenvalue weighted by molar-refractivity contribution is 0.0732. The molecule has 0 saturated heterocycles. The molecule has 11 heteroatoms. The Kier molecular flexibility index (Phi) is 9.13. The summed E-state index contributed by atoms with van der Waals surface area (Å²) in [5.41, 5.74) is 6.05. The van der Waals surface area contributed by atoms with E-state index in [1.54, 1.807) is 12.1 Å². The number of methoxy groups -OCH3 is 3. The number of fused-ring (bicyclic) bond motifs is 1. The molecule has 0 spiro atoms.